The highest BCUT2D eigenvalue weighted by Gasteiger charge is 2.34. The number of azide groups is 1. The zero-order chi connectivity index (χ0) is 12.1. The van der Waals surface area contributed by atoms with Crippen LogP contribution in [0.2, 0.25) is 0 Å². The topological polar surface area (TPSA) is 78.2 Å². The van der Waals surface area contributed by atoms with Crippen molar-refractivity contribution in [2.24, 2.45) is 5.11 Å². The van der Waals surface area contributed by atoms with Gasteiger partial charge in [-0.2, -0.15) is 0 Å². The largest absolute Gasteiger partial charge is 0.390 e. The van der Waals surface area contributed by atoms with E-state index < -0.39 is 6.10 Å². The van der Waals surface area contributed by atoms with Gasteiger partial charge in [0.1, 0.15) is 0 Å². The molecule has 5 heteroatoms. The van der Waals surface area contributed by atoms with E-state index in [0.29, 0.717) is 13.0 Å². The van der Waals surface area contributed by atoms with Gasteiger partial charge in [0.15, 0.2) is 0 Å². The summed E-state index contributed by atoms with van der Waals surface area (Å²) >= 11 is 0. The van der Waals surface area contributed by atoms with E-state index in [2.05, 4.69) is 10.0 Å². The molecule has 0 radical (unpaired) electrons. The van der Waals surface area contributed by atoms with Crippen molar-refractivity contribution in [3.63, 3.8) is 0 Å². The molecule has 0 aliphatic heterocycles. The van der Waals surface area contributed by atoms with E-state index in [9.17, 15) is 5.11 Å². The highest BCUT2D eigenvalue weighted by atomic mass is 16.5. The van der Waals surface area contributed by atoms with Crippen molar-refractivity contribution in [2.75, 3.05) is 0 Å². The third-order valence-corrected chi connectivity index (χ3v) is 3.03. The minimum atomic E-state index is -0.686. The van der Waals surface area contributed by atoms with E-state index >= 15 is 0 Å². The molecule has 1 aromatic rings. The molecule has 5 nitrogen and oxygen atoms in total. The van der Waals surface area contributed by atoms with Crippen LogP contribution < -0.4 is 0 Å². The Balaban J connectivity index is 1.87. The maximum atomic E-state index is 9.87. The quantitative estimate of drug-likeness (QED) is 0.492. The van der Waals surface area contributed by atoms with Gasteiger partial charge in [-0.15, -0.1) is 0 Å². The molecule has 0 unspecified atom stereocenters. The van der Waals surface area contributed by atoms with Crippen molar-refractivity contribution in [3.8, 4) is 0 Å². The molecule has 1 aromatic carbocycles. The lowest BCUT2D eigenvalue weighted by Crippen LogP contribution is -2.29. The summed E-state index contributed by atoms with van der Waals surface area (Å²) in [6, 6.07) is 9.46. The lowest BCUT2D eigenvalue weighted by Gasteiger charge is -2.17. The Morgan fingerprint density at radius 2 is 2.12 bits per heavy atom. The van der Waals surface area contributed by atoms with Crippen LogP contribution in [0.15, 0.2) is 35.4 Å². The average Bonchev–Trinajstić information content (AvgIpc) is 2.70. The van der Waals surface area contributed by atoms with Crippen LogP contribution in [0, 0.1) is 0 Å². The van der Waals surface area contributed by atoms with Crippen molar-refractivity contribution in [2.45, 2.75) is 37.7 Å². The second-order valence-electron chi connectivity index (χ2n) is 4.18. The Hall–Kier alpha value is -1.55. The number of aliphatic hydroxyl groups excluding tert-OH is 1. The van der Waals surface area contributed by atoms with Crippen LogP contribution in [0.5, 0.6) is 0 Å². The summed E-state index contributed by atoms with van der Waals surface area (Å²) in [4.78, 5) is 2.73. The number of ether oxygens (including phenoxy) is 1. The summed E-state index contributed by atoms with van der Waals surface area (Å²) in [5.74, 6) is 0. The van der Waals surface area contributed by atoms with E-state index in [1.807, 2.05) is 30.3 Å². The van der Waals surface area contributed by atoms with Crippen molar-refractivity contribution in [3.05, 3.63) is 46.3 Å². The van der Waals surface area contributed by atoms with Gasteiger partial charge in [-0.3, -0.25) is 0 Å². The molecule has 0 aromatic heterocycles. The predicted molar refractivity (Wildman–Crippen MR) is 63.2 cm³/mol. The van der Waals surface area contributed by atoms with Crippen molar-refractivity contribution >= 4 is 0 Å². The van der Waals surface area contributed by atoms with Gasteiger partial charge < -0.3 is 9.84 Å². The molecule has 1 saturated carbocycles. The lowest BCUT2D eigenvalue weighted by atomic mass is 10.2. The summed E-state index contributed by atoms with van der Waals surface area (Å²) in [5, 5.41) is 13.4. The van der Waals surface area contributed by atoms with Crippen LogP contribution in [0.3, 0.4) is 0 Å². The monoisotopic (exact) mass is 233 g/mol. The maximum absolute atomic E-state index is 9.87. The van der Waals surface area contributed by atoms with Gasteiger partial charge >= 0.3 is 0 Å². The number of aliphatic hydroxyl groups is 1. The van der Waals surface area contributed by atoms with Crippen LogP contribution in [0.4, 0.5) is 0 Å². The molecule has 90 valence electrons. The summed E-state index contributed by atoms with van der Waals surface area (Å²) in [6.07, 6.45) is 0.503. The Bertz CT molecular complexity index is 403. The second kappa shape index (κ2) is 5.68. The third-order valence-electron chi connectivity index (χ3n) is 3.03. The normalized spacial score (nSPS) is 27.7. The van der Waals surface area contributed by atoms with Gasteiger partial charge in [-0.05, 0) is 23.9 Å². The Labute approximate surface area is 99.7 Å². The first-order valence-corrected chi connectivity index (χ1v) is 5.69. The first-order valence-electron chi connectivity index (χ1n) is 5.69. The fourth-order valence-electron chi connectivity index (χ4n) is 2.08. The van der Waals surface area contributed by atoms with Crippen LogP contribution in [-0.4, -0.2) is 23.4 Å². The molecule has 1 aliphatic carbocycles. The molecular weight excluding hydrogens is 218 g/mol. The summed E-state index contributed by atoms with van der Waals surface area (Å²) in [5.41, 5.74) is 9.42. The van der Waals surface area contributed by atoms with E-state index in [4.69, 9.17) is 10.3 Å². The van der Waals surface area contributed by atoms with Crippen molar-refractivity contribution in [1.29, 1.82) is 0 Å². The van der Waals surface area contributed by atoms with E-state index in [0.717, 1.165) is 12.0 Å². The van der Waals surface area contributed by atoms with E-state index in [-0.39, 0.29) is 12.1 Å². The zero-order valence-electron chi connectivity index (χ0n) is 9.44. The first kappa shape index (κ1) is 11.9. The van der Waals surface area contributed by atoms with E-state index in [1.165, 1.54) is 0 Å². The van der Waals surface area contributed by atoms with Crippen LogP contribution >= 0.6 is 0 Å². The third kappa shape index (κ3) is 2.97. The molecule has 1 aliphatic rings. The summed E-state index contributed by atoms with van der Waals surface area (Å²) in [6.45, 7) is 0.478. The van der Waals surface area contributed by atoms with Crippen LogP contribution in [0.1, 0.15) is 18.4 Å². The Kier molecular flexibility index (Phi) is 3.98. The van der Waals surface area contributed by atoms with Gasteiger partial charge in [0.2, 0.25) is 0 Å². The molecule has 1 fully saturated rings. The van der Waals surface area contributed by atoms with Gasteiger partial charge in [-0.25, -0.2) is 0 Å². The molecule has 2 rings (SSSR count). The smallest absolute Gasteiger partial charge is 0.0886 e. The fourth-order valence-corrected chi connectivity index (χ4v) is 2.08. The minimum Gasteiger partial charge on any atom is -0.390 e. The number of hydrogen-bond donors (Lipinski definition) is 1. The second-order valence-corrected chi connectivity index (χ2v) is 4.18. The van der Waals surface area contributed by atoms with Gasteiger partial charge in [-0.1, -0.05) is 35.4 Å². The molecule has 17 heavy (non-hydrogen) atoms. The van der Waals surface area contributed by atoms with Gasteiger partial charge in [0, 0.05) is 4.91 Å². The Morgan fingerprint density at radius 1 is 1.35 bits per heavy atom. The molecule has 3 atom stereocenters. The highest BCUT2D eigenvalue weighted by Crippen LogP contribution is 2.26. The SMILES string of the molecule is [N-]=[N+]=N[C@H]1CC[C@@H](OCc2ccccc2)[C@H]1O. The van der Waals surface area contributed by atoms with Gasteiger partial charge in [0.05, 0.1) is 24.9 Å². The summed E-state index contributed by atoms with van der Waals surface area (Å²) in [7, 11) is 0. The van der Waals surface area contributed by atoms with Crippen LogP contribution in [-0.2, 0) is 11.3 Å². The van der Waals surface area contributed by atoms with Crippen molar-refractivity contribution in [1.82, 2.24) is 0 Å². The fraction of sp³-hybridized carbons (Fsp3) is 0.500. The molecule has 0 bridgehead atoms. The molecule has 0 saturated heterocycles. The molecule has 0 heterocycles. The van der Waals surface area contributed by atoms with Crippen molar-refractivity contribution < 1.29 is 9.84 Å². The minimum absolute atomic E-state index is 0.231. The number of hydrogen-bond acceptors (Lipinski definition) is 3. The summed E-state index contributed by atoms with van der Waals surface area (Å²) < 4.78 is 5.64. The average molecular weight is 233 g/mol. The van der Waals surface area contributed by atoms with Crippen LogP contribution in [0.25, 0.3) is 10.4 Å². The first-order chi connectivity index (χ1) is 8.31. The van der Waals surface area contributed by atoms with Gasteiger partial charge in [0.25, 0.3) is 0 Å². The number of benzene rings is 1. The molecule has 0 spiro atoms. The maximum Gasteiger partial charge on any atom is 0.0886 e. The predicted octanol–water partition coefficient (Wildman–Crippen LogP) is 2.41. The highest BCUT2D eigenvalue weighted by molar-refractivity contribution is 5.13. The lowest BCUT2D eigenvalue weighted by molar-refractivity contribution is -0.0312. The standard InChI is InChI=1S/C12H15N3O2/c13-15-14-10-6-7-11(12(10)16)17-8-9-4-2-1-3-5-9/h1-5,10-12,16H,6-8H2/t10-,11+,12-/m0/s1. The number of rotatable bonds is 4. The molecule has 1 N–H and O–H groups in total. The molecule has 0 amide bonds. The van der Waals surface area contributed by atoms with E-state index in [1.54, 1.807) is 0 Å². The Morgan fingerprint density at radius 3 is 2.82 bits per heavy atom. The number of nitrogens with zero attached hydrogens (tertiary/aromatic N) is 3. The zero-order valence-corrected chi connectivity index (χ0v) is 9.44. The molecular formula is C12H15N3O2.